The van der Waals surface area contributed by atoms with Crippen LogP contribution in [-0.4, -0.2) is 47.2 Å². The van der Waals surface area contributed by atoms with Gasteiger partial charge in [-0.25, -0.2) is 4.79 Å². The smallest absolute Gasteiger partial charge is 0.329 e. The Bertz CT molecular complexity index is 329. The fourth-order valence-electron chi connectivity index (χ4n) is 2.21. The van der Waals surface area contributed by atoms with Crippen LogP contribution in [0.15, 0.2) is 12.7 Å². The maximum Gasteiger partial charge on any atom is 0.329 e. The van der Waals surface area contributed by atoms with E-state index in [4.69, 9.17) is 4.74 Å². The van der Waals surface area contributed by atoms with Crippen LogP contribution in [0.3, 0.4) is 0 Å². The summed E-state index contributed by atoms with van der Waals surface area (Å²) in [7, 11) is 0. The molecule has 1 rings (SSSR count). The number of likely N-dealkylation sites (tertiary alicyclic amines) is 1. The van der Waals surface area contributed by atoms with Crippen LogP contribution < -0.4 is 0 Å². The van der Waals surface area contributed by atoms with Crippen LogP contribution in [0.1, 0.15) is 32.6 Å². The Balaban J connectivity index is 2.41. The van der Waals surface area contributed by atoms with Crippen molar-refractivity contribution >= 4 is 11.9 Å². The highest BCUT2D eigenvalue weighted by atomic mass is 16.5. The van der Waals surface area contributed by atoms with Crippen molar-refractivity contribution in [3.63, 3.8) is 0 Å². The van der Waals surface area contributed by atoms with E-state index in [0.29, 0.717) is 39.0 Å². The first-order chi connectivity index (χ1) is 8.52. The van der Waals surface area contributed by atoms with Crippen molar-refractivity contribution in [2.75, 3.05) is 19.8 Å². The molecule has 1 aliphatic rings. The molecule has 1 atom stereocenters. The first-order valence-electron chi connectivity index (χ1n) is 6.25. The number of aliphatic carboxylic acids is 1. The van der Waals surface area contributed by atoms with E-state index in [1.165, 1.54) is 4.90 Å². The van der Waals surface area contributed by atoms with Crippen molar-refractivity contribution in [1.82, 2.24) is 4.90 Å². The SMILES string of the molecule is C=CCOCCCC(=O)N1CCCC1(C)C(=O)O. The maximum absolute atomic E-state index is 12.0. The molecular formula is C13H21NO4. The van der Waals surface area contributed by atoms with Gasteiger partial charge in [-0.2, -0.15) is 0 Å². The van der Waals surface area contributed by atoms with Gasteiger partial charge in [-0.05, 0) is 26.2 Å². The zero-order valence-corrected chi connectivity index (χ0v) is 10.9. The van der Waals surface area contributed by atoms with Crippen molar-refractivity contribution in [3.8, 4) is 0 Å². The summed E-state index contributed by atoms with van der Waals surface area (Å²) in [5.41, 5.74) is -1.03. The average Bonchev–Trinajstić information content (AvgIpc) is 2.72. The van der Waals surface area contributed by atoms with Crippen molar-refractivity contribution in [2.45, 2.75) is 38.1 Å². The number of rotatable bonds is 7. The molecule has 0 aromatic carbocycles. The molecule has 5 heteroatoms. The van der Waals surface area contributed by atoms with Crippen molar-refractivity contribution in [2.24, 2.45) is 0 Å². The Morgan fingerprint density at radius 3 is 2.89 bits per heavy atom. The van der Waals surface area contributed by atoms with E-state index in [9.17, 15) is 14.7 Å². The Morgan fingerprint density at radius 1 is 1.56 bits per heavy atom. The van der Waals surface area contributed by atoms with Gasteiger partial charge in [-0.1, -0.05) is 6.08 Å². The Hall–Kier alpha value is -1.36. The van der Waals surface area contributed by atoms with Crippen LogP contribution in [0.2, 0.25) is 0 Å². The van der Waals surface area contributed by atoms with Gasteiger partial charge in [-0.15, -0.1) is 6.58 Å². The summed E-state index contributed by atoms with van der Waals surface area (Å²) in [5.74, 6) is -1.02. The predicted molar refractivity (Wildman–Crippen MR) is 67.2 cm³/mol. The summed E-state index contributed by atoms with van der Waals surface area (Å²) in [6, 6.07) is 0. The van der Waals surface area contributed by atoms with E-state index in [0.717, 1.165) is 6.42 Å². The number of carboxylic acids is 1. The molecule has 18 heavy (non-hydrogen) atoms. The molecule has 1 saturated heterocycles. The van der Waals surface area contributed by atoms with Gasteiger partial charge in [0.1, 0.15) is 5.54 Å². The molecule has 1 fully saturated rings. The number of amides is 1. The number of hydrogen-bond donors (Lipinski definition) is 1. The van der Waals surface area contributed by atoms with Gasteiger partial charge in [0.2, 0.25) is 5.91 Å². The van der Waals surface area contributed by atoms with Gasteiger partial charge in [0.15, 0.2) is 0 Å². The molecule has 1 heterocycles. The standard InChI is InChI=1S/C13H21NO4/c1-3-9-18-10-4-6-11(15)14-8-5-7-13(14,2)12(16)17/h3H,1,4-10H2,2H3,(H,16,17). The normalized spacial score (nSPS) is 23.1. The lowest BCUT2D eigenvalue weighted by Gasteiger charge is -2.31. The van der Waals surface area contributed by atoms with Crippen LogP contribution in [0.5, 0.6) is 0 Å². The molecule has 0 saturated carbocycles. The summed E-state index contributed by atoms with van der Waals surface area (Å²) < 4.78 is 5.19. The maximum atomic E-state index is 12.0. The minimum atomic E-state index is -1.03. The third-order valence-electron chi connectivity index (χ3n) is 3.32. The largest absolute Gasteiger partial charge is 0.480 e. The van der Waals surface area contributed by atoms with Crippen molar-refractivity contribution in [3.05, 3.63) is 12.7 Å². The van der Waals surface area contributed by atoms with Gasteiger partial charge in [0, 0.05) is 19.6 Å². The van der Waals surface area contributed by atoms with Gasteiger partial charge in [0.25, 0.3) is 0 Å². The summed E-state index contributed by atoms with van der Waals surface area (Å²) in [6.45, 7) is 6.66. The Kier molecular flexibility index (Phi) is 5.34. The third-order valence-corrected chi connectivity index (χ3v) is 3.32. The van der Waals surface area contributed by atoms with E-state index in [2.05, 4.69) is 6.58 Å². The molecule has 1 amide bonds. The number of ether oxygens (including phenoxy) is 1. The zero-order chi connectivity index (χ0) is 13.6. The van der Waals surface area contributed by atoms with Gasteiger partial charge >= 0.3 is 5.97 Å². The number of carbonyl (C=O) groups excluding carboxylic acids is 1. The first-order valence-corrected chi connectivity index (χ1v) is 6.25. The molecule has 1 unspecified atom stereocenters. The van der Waals surface area contributed by atoms with E-state index in [-0.39, 0.29) is 5.91 Å². The first kappa shape index (κ1) is 14.7. The summed E-state index contributed by atoms with van der Waals surface area (Å²) in [5, 5.41) is 9.20. The minimum absolute atomic E-state index is 0.0976. The fourth-order valence-corrected chi connectivity index (χ4v) is 2.21. The van der Waals surface area contributed by atoms with Crippen molar-refractivity contribution in [1.29, 1.82) is 0 Å². The van der Waals surface area contributed by atoms with E-state index in [1.54, 1.807) is 13.0 Å². The van der Waals surface area contributed by atoms with Crippen molar-refractivity contribution < 1.29 is 19.4 Å². The quantitative estimate of drug-likeness (QED) is 0.552. The molecule has 0 aliphatic carbocycles. The number of hydrogen-bond acceptors (Lipinski definition) is 3. The van der Waals surface area contributed by atoms with E-state index in [1.807, 2.05) is 0 Å². The number of carbonyl (C=O) groups is 2. The molecule has 0 bridgehead atoms. The molecule has 5 nitrogen and oxygen atoms in total. The molecule has 0 aromatic rings. The summed E-state index contributed by atoms with van der Waals surface area (Å²) >= 11 is 0. The lowest BCUT2D eigenvalue weighted by Crippen LogP contribution is -2.50. The van der Waals surface area contributed by atoms with Crippen LogP contribution in [0.25, 0.3) is 0 Å². The van der Waals surface area contributed by atoms with Crippen LogP contribution in [0.4, 0.5) is 0 Å². The second-order valence-corrected chi connectivity index (χ2v) is 4.70. The molecular weight excluding hydrogens is 234 g/mol. The second-order valence-electron chi connectivity index (χ2n) is 4.70. The van der Waals surface area contributed by atoms with Gasteiger partial charge < -0.3 is 14.7 Å². The summed E-state index contributed by atoms with van der Waals surface area (Å²) in [6.07, 6.45) is 3.88. The topological polar surface area (TPSA) is 66.8 Å². The average molecular weight is 255 g/mol. The fraction of sp³-hybridized carbons (Fsp3) is 0.692. The minimum Gasteiger partial charge on any atom is -0.480 e. The highest BCUT2D eigenvalue weighted by Crippen LogP contribution is 2.29. The lowest BCUT2D eigenvalue weighted by atomic mass is 9.99. The molecule has 0 spiro atoms. The second kappa shape index (κ2) is 6.54. The zero-order valence-electron chi connectivity index (χ0n) is 10.9. The number of carboxylic acid groups (broad SMARTS) is 1. The summed E-state index contributed by atoms with van der Waals surface area (Å²) in [4.78, 5) is 24.7. The Morgan fingerprint density at radius 2 is 2.28 bits per heavy atom. The van der Waals surface area contributed by atoms with Crippen LogP contribution in [0, 0.1) is 0 Å². The molecule has 0 aromatic heterocycles. The van der Waals surface area contributed by atoms with Gasteiger partial charge in [0.05, 0.1) is 6.61 Å². The van der Waals surface area contributed by atoms with Crippen LogP contribution >= 0.6 is 0 Å². The number of nitrogens with zero attached hydrogens (tertiary/aromatic N) is 1. The molecule has 1 aliphatic heterocycles. The van der Waals surface area contributed by atoms with Crippen LogP contribution in [-0.2, 0) is 14.3 Å². The molecule has 1 N–H and O–H groups in total. The van der Waals surface area contributed by atoms with Gasteiger partial charge in [-0.3, -0.25) is 4.79 Å². The highest BCUT2D eigenvalue weighted by molar-refractivity contribution is 5.87. The lowest BCUT2D eigenvalue weighted by molar-refractivity contribution is -0.155. The Labute approximate surface area is 107 Å². The predicted octanol–water partition coefficient (Wildman–Crippen LogP) is 1.43. The monoisotopic (exact) mass is 255 g/mol. The molecule has 102 valence electrons. The molecule has 0 radical (unpaired) electrons. The van der Waals surface area contributed by atoms with E-state index < -0.39 is 11.5 Å². The van der Waals surface area contributed by atoms with E-state index >= 15 is 0 Å². The highest BCUT2D eigenvalue weighted by Gasteiger charge is 2.45. The third kappa shape index (κ3) is 3.32.